The minimum Gasteiger partial charge on any atom is -0.489 e. The average Bonchev–Trinajstić information content (AvgIpc) is 2.73. The van der Waals surface area contributed by atoms with E-state index in [2.05, 4.69) is 17.9 Å². The van der Waals surface area contributed by atoms with E-state index in [0.29, 0.717) is 18.7 Å². The summed E-state index contributed by atoms with van der Waals surface area (Å²) in [6.07, 6.45) is 0.0898. The summed E-state index contributed by atoms with van der Waals surface area (Å²) in [5.74, 6) is -0.257. The first-order valence-electron chi connectivity index (χ1n) is 12.3. The van der Waals surface area contributed by atoms with Crippen LogP contribution in [0.2, 0.25) is 0 Å². The van der Waals surface area contributed by atoms with Crippen molar-refractivity contribution in [2.75, 3.05) is 19.6 Å². The molecule has 0 atom stereocenters. The monoisotopic (exact) mass is 485 g/mol. The Labute approximate surface area is 203 Å². The lowest BCUT2D eigenvalue weighted by molar-refractivity contribution is -0.147. The number of aryl methyl sites for hydroxylation is 1. The number of fused-ring (bicyclic) bond motifs is 1. The molecule has 2 fully saturated rings. The van der Waals surface area contributed by atoms with Crippen LogP contribution in [0.5, 0.6) is 5.75 Å². The van der Waals surface area contributed by atoms with Crippen LogP contribution < -0.4 is 4.74 Å². The predicted octanol–water partition coefficient (Wildman–Crippen LogP) is 6.29. The first-order chi connectivity index (χ1) is 16.7. The highest BCUT2D eigenvalue weighted by Gasteiger charge is 2.37. The number of carboxylic acid groups (broad SMARTS) is 1. The Bertz CT molecular complexity index is 1160. The number of aliphatic carboxylic acids is 1. The Hall–Kier alpha value is -2.80. The van der Waals surface area contributed by atoms with Crippen LogP contribution in [0.1, 0.15) is 66.3 Å². The SMILES string of the molecule is CC1=C(CN2CC(C(=O)O)C2)CCc2cc(OCc3ccc(C(F)(F)F)c(C4CCC4)c3)ccc21. The third-order valence-corrected chi connectivity index (χ3v) is 7.80. The number of allylic oxidation sites excluding steroid dienone is 1. The van der Waals surface area contributed by atoms with Gasteiger partial charge < -0.3 is 9.84 Å². The fourth-order valence-corrected chi connectivity index (χ4v) is 5.40. The minimum absolute atomic E-state index is 0.00875. The number of ether oxygens (including phenoxy) is 1. The van der Waals surface area contributed by atoms with Crippen LogP contribution in [0, 0.1) is 5.92 Å². The maximum Gasteiger partial charge on any atom is 0.416 e. The number of hydrogen-bond donors (Lipinski definition) is 1. The van der Waals surface area contributed by atoms with Gasteiger partial charge in [-0.15, -0.1) is 0 Å². The van der Waals surface area contributed by atoms with Gasteiger partial charge in [0.25, 0.3) is 0 Å². The number of carboxylic acids is 1. The maximum absolute atomic E-state index is 13.5. The molecule has 0 spiro atoms. The molecular formula is C28H30F3NO3. The van der Waals surface area contributed by atoms with Crippen molar-refractivity contribution in [2.45, 2.75) is 57.7 Å². The molecule has 2 aliphatic carbocycles. The van der Waals surface area contributed by atoms with Gasteiger partial charge in [-0.1, -0.05) is 30.2 Å². The van der Waals surface area contributed by atoms with E-state index >= 15 is 0 Å². The number of halogens is 3. The molecule has 4 nitrogen and oxygen atoms in total. The van der Waals surface area contributed by atoms with Gasteiger partial charge in [0.2, 0.25) is 0 Å². The number of hydrogen-bond acceptors (Lipinski definition) is 3. The molecule has 0 aromatic heterocycles. The standard InChI is InChI=1S/C28H30F3NO3/c1-17-21(13-32-14-22(15-32)27(33)34)7-6-20-12-23(8-9-24(17)20)35-16-18-5-10-26(28(29,30)31)25(11-18)19-3-2-4-19/h5,8-12,19,22H,2-4,6-7,13-16H2,1H3,(H,33,34). The van der Waals surface area contributed by atoms with Crippen molar-refractivity contribution in [1.29, 1.82) is 0 Å². The Morgan fingerprint density at radius 3 is 2.54 bits per heavy atom. The number of alkyl halides is 3. The molecule has 1 saturated carbocycles. The highest BCUT2D eigenvalue weighted by molar-refractivity contribution is 5.73. The van der Waals surface area contributed by atoms with E-state index in [0.717, 1.165) is 50.0 Å². The first-order valence-corrected chi connectivity index (χ1v) is 12.3. The molecule has 0 bridgehead atoms. The van der Waals surface area contributed by atoms with Gasteiger partial charge in [-0.05, 0) is 84.6 Å². The molecule has 0 radical (unpaired) electrons. The van der Waals surface area contributed by atoms with Crippen molar-refractivity contribution in [3.63, 3.8) is 0 Å². The number of nitrogens with zero attached hydrogens (tertiary/aromatic N) is 1. The van der Waals surface area contributed by atoms with E-state index in [4.69, 9.17) is 9.84 Å². The molecule has 0 amide bonds. The van der Waals surface area contributed by atoms with Crippen LogP contribution in [0.25, 0.3) is 5.57 Å². The van der Waals surface area contributed by atoms with Gasteiger partial charge in [0.05, 0.1) is 11.5 Å². The van der Waals surface area contributed by atoms with Crippen LogP contribution in [0.4, 0.5) is 13.2 Å². The molecule has 7 heteroatoms. The highest BCUT2D eigenvalue weighted by atomic mass is 19.4. The number of likely N-dealkylation sites (tertiary alicyclic amines) is 1. The van der Waals surface area contributed by atoms with Crippen molar-refractivity contribution in [3.8, 4) is 5.75 Å². The van der Waals surface area contributed by atoms with Crippen LogP contribution in [-0.4, -0.2) is 35.6 Å². The van der Waals surface area contributed by atoms with E-state index in [1.54, 1.807) is 6.07 Å². The van der Waals surface area contributed by atoms with E-state index < -0.39 is 17.7 Å². The fourth-order valence-electron chi connectivity index (χ4n) is 5.40. The van der Waals surface area contributed by atoms with Gasteiger partial charge in [0.1, 0.15) is 12.4 Å². The molecule has 0 unspecified atom stereocenters. The average molecular weight is 486 g/mol. The van der Waals surface area contributed by atoms with E-state index in [9.17, 15) is 18.0 Å². The summed E-state index contributed by atoms with van der Waals surface area (Å²) in [5.41, 5.74) is 5.63. The second kappa shape index (κ2) is 9.34. The molecule has 3 aliphatic rings. The molecule has 35 heavy (non-hydrogen) atoms. The van der Waals surface area contributed by atoms with Gasteiger partial charge >= 0.3 is 12.1 Å². The zero-order valence-electron chi connectivity index (χ0n) is 19.8. The van der Waals surface area contributed by atoms with Gasteiger partial charge in [-0.3, -0.25) is 9.69 Å². The molecule has 2 aromatic rings. The van der Waals surface area contributed by atoms with Crippen molar-refractivity contribution in [2.24, 2.45) is 5.92 Å². The molecule has 1 N–H and O–H groups in total. The van der Waals surface area contributed by atoms with Crippen molar-refractivity contribution in [3.05, 3.63) is 69.8 Å². The summed E-state index contributed by atoms with van der Waals surface area (Å²) < 4.78 is 46.4. The van der Waals surface area contributed by atoms with E-state index in [1.165, 1.54) is 34.4 Å². The van der Waals surface area contributed by atoms with Crippen molar-refractivity contribution in [1.82, 2.24) is 4.90 Å². The summed E-state index contributed by atoms with van der Waals surface area (Å²) in [4.78, 5) is 13.2. The molecule has 1 aliphatic heterocycles. The Balaban J connectivity index is 1.25. The molecule has 5 rings (SSSR count). The summed E-state index contributed by atoms with van der Waals surface area (Å²) in [6.45, 7) is 4.38. The molecule has 1 heterocycles. The quantitative estimate of drug-likeness (QED) is 0.501. The van der Waals surface area contributed by atoms with Crippen molar-refractivity contribution >= 4 is 11.5 Å². The van der Waals surface area contributed by atoms with E-state index in [1.807, 2.05) is 12.1 Å². The summed E-state index contributed by atoms with van der Waals surface area (Å²) in [7, 11) is 0. The van der Waals surface area contributed by atoms with Crippen LogP contribution in [0.3, 0.4) is 0 Å². The summed E-state index contributed by atoms with van der Waals surface area (Å²) in [5, 5.41) is 9.08. The van der Waals surface area contributed by atoms with Gasteiger partial charge in [0.15, 0.2) is 0 Å². The lowest BCUT2D eigenvalue weighted by Crippen LogP contribution is -2.50. The van der Waals surface area contributed by atoms with E-state index in [-0.39, 0.29) is 18.4 Å². The summed E-state index contributed by atoms with van der Waals surface area (Å²) >= 11 is 0. The second-order valence-corrected chi connectivity index (χ2v) is 10.1. The zero-order valence-corrected chi connectivity index (χ0v) is 19.8. The normalized spacial score (nSPS) is 19.2. The van der Waals surface area contributed by atoms with Crippen LogP contribution in [-0.2, 0) is 24.0 Å². The zero-order chi connectivity index (χ0) is 24.7. The van der Waals surface area contributed by atoms with Gasteiger partial charge in [-0.2, -0.15) is 13.2 Å². The topological polar surface area (TPSA) is 49.8 Å². The largest absolute Gasteiger partial charge is 0.489 e. The lowest BCUT2D eigenvalue weighted by atomic mass is 9.77. The third kappa shape index (κ3) is 4.96. The Morgan fingerprint density at radius 1 is 1.11 bits per heavy atom. The first kappa shape index (κ1) is 23.9. The molecule has 186 valence electrons. The van der Waals surface area contributed by atoms with Gasteiger partial charge in [-0.25, -0.2) is 0 Å². The Kier molecular flexibility index (Phi) is 6.38. The predicted molar refractivity (Wildman–Crippen MR) is 127 cm³/mol. The Morgan fingerprint density at radius 2 is 1.89 bits per heavy atom. The minimum atomic E-state index is -4.33. The summed E-state index contributed by atoms with van der Waals surface area (Å²) in [6, 6.07) is 10.4. The van der Waals surface area contributed by atoms with Crippen molar-refractivity contribution < 1.29 is 27.8 Å². The maximum atomic E-state index is 13.5. The smallest absolute Gasteiger partial charge is 0.416 e. The highest BCUT2D eigenvalue weighted by Crippen LogP contribution is 2.43. The van der Waals surface area contributed by atoms with Crippen LogP contribution in [0.15, 0.2) is 42.0 Å². The number of rotatable bonds is 7. The molecular weight excluding hydrogens is 455 g/mol. The third-order valence-electron chi connectivity index (χ3n) is 7.80. The van der Waals surface area contributed by atoms with Crippen LogP contribution >= 0.6 is 0 Å². The molecule has 2 aromatic carbocycles. The van der Waals surface area contributed by atoms with Gasteiger partial charge in [0, 0.05) is 19.6 Å². The fraction of sp³-hybridized carbons (Fsp3) is 0.464. The lowest BCUT2D eigenvalue weighted by Gasteiger charge is -2.38. The second-order valence-electron chi connectivity index (χ2n) is 10.1. The molecule has 1 saturated heterocycles. The number of carbonyl (C=O) groups is 1. The number of benzene rings is 2.